The number of carboxylic acid groups (broad SMARTS) is 1. The fourth-order valence-corrected chi connectivity index (χ4v) is 5.22. The van der Waals surface area contributed by atoms with E-state index in [0.29, 0.717) is 23.7 Å². The minimum Gasteiger partial charge on any atom is -0.550 e. The van der Waals surface area contributed by atoms with E-state index in [1.807, 2.05) is 11.0 Å². The third-order valence-electron chi connectivity index (χ3n) is 7.01. The molecule has 0 aliphatic carbocycles. The van der Waals surface area contributed by atoms with Crippen LogP contribution in [0.2, 0.25) is 0 Å². The van der Waals surface area contributed by atoms with Crippen LogP contribution in [0.15, 0.2) is 18.2 Å². The summed E-state index contributed by atoms with van der Waals surface area (Å²) in [5, 5.41) is 17.5. The van der Waals surface area contributed by atoms with Crippen molar-refractivity contribution in [2.24, 2.45) is 11.8 Å². The number of nitrogens with zero attached hydrogens (tertiary/aromatic N) is 2. The lowest BCUT2D eigenvalue weighted by Gasteiger charge is -2.38. The first-order valence-electron chi connectivity index (χ1n) is 11.3. The molecule has 168 valence electrons. The first kappa shape index (κ1) is 21.6. The first-order valence-corrected chi connectivity index (χ1v) is 11.3. The monoisotopic (exact) mass is 427 g/mol. The molecule has 0 bridgehead atoms. The van der Waals surface area contributed by atoms with Crippen LogP contribution in [-0.2, 0) is 16.1 Å². The summed E-state index contributed by atoms with van der Waals surface area (Å²) in [6, 6.07) is 4.50. The van der Waals surface area contributed by atoms with Crippen LogP contribution in [-0.4, -0.2) is 66.9 Å². The molecule has 1 aromatic carbocycles. The summed E-state index contributed by atoms with van der Waals surface area (Å²) in [5.74, 6) is -0.0615. The number of aliphatic carboxylic acids is 1. The van der Waals surface area contributed by atoms with E-state index in [4.69, 9.17) is 0 Å². The molecule has 3 aliphatic rings. The summed E-state index contributed by atoms with van der Waals surface area (Å²) < 4.78 is 0. The molecule has 2 saturated heterocycles. The molecule has 8 heteroatoms. The van der Waals surface area contributed by atoms with Crippen molar-refractivity contribution in [3.8, 4) is 0 Å². The van der Waals surface area contributed by atoms with Crippen LogP contribution in [0.3, 0.4) is 0 Å². The molecule has 2 fully saturated rings. The van der Waals surface area contributed by atoms with Crippen molar-refractivity contribution in [3.05, 3.63) is 29.3 Å². The Balaban J connectivity index is 1.43. The molecule has 1 aromatic rings. The molecular formula is C23H31N4O4-. The predicted octanol–water partition coefficient (Wildman–Crippen LogP) is 0.431. The highest BCUT2D eigenvalue weighted by molar-refractivity contribution is 5.96. The molecule has 0 aromatic heterocycles. The third kappa shape index (κ3) is 4.84. The second kappa shape index (κ2) is 9.26. The van der Waals surface area contributed by atoms with Crippen molar-refractivity contribution in [2.75, 3.05) is 38.5 Å². The van der Waals surface area contributed by atoms with Gasteiger partial charge in [0.2, 0.25) is 5.91 Å². The molecule has 1 atom stereocenters. The summed E-state index contributed by atoms with van der Waals surface area (Å²) in [7, 11) is 1.64. The Kier molecular flexibility index (Phi) is 6.46. The molecule has 2 amide bonds. The van der Waals surface area contributed by atoms with Gasteiger partial charge in [-0.2, -0.15) is 0 Å². The minimum atomic E-state index is -1.28. The molecule has 0 radical (unpaired) electrons. The lowest BCUT2D eigenvalue weighted by atomic mass is 9.79. The zero-order valence-electron chi connectivity index (χ0n) is 18.1. The van der Waals surface area contributed by atoms with Gasteiger partial charge in [-0.15, -0.1) is 0 Å². The molecular weight excluding hydrogens is 396 g/mol. The van der Waals surface area contributed by atoms with E-state index in [0.717, 1.165) is 50.5 Å². The van der Waals surface area contributed by atoms with Gasteiger partial charge in [-0.05, 0) is 74.4 Å². The van der Waals surface area contributed by atoms with Crippen molar-refractivity contribution in [3.63, 3.8) is 0 Å². The van der Waals surface area contributed by atoms with E-state index >= 15 is 0 Å². The van der Waals surface area contributed by atoms with E-state index in [-0.39, 0.29) is 11.8 Å². The van der Waals surface area contributed by atoms with Gasteiger partial charge in [0.25, 0.3) is 5.91 Å². The molecule has 3 heterocycles. The number of amides is 2. The molecule has 0 unspecified atom stereocenters. The van der Waals surface area contributed by atoms with E-state index < -0.39 is 18.4 Å². The number of fused-ring (bicyclic) bond motifs is 1. The number of benzene rings is 1. The van der Waals surface area contributed by atoms with Crippen LogP contribution in [0.4, 0.5) is 5.69 Å². The Labute approximate surface area is 183 Å². The van der Waals surface area contributed by atoms with Crippen LogP contribution in [0, 0.1) is 11.8 Å². The van der Waals surface area contributed by atoms with Gasteiger partial charge in [-0.1, -0.05) is 0 Å². The average Bonchev–Trinajstić information content (AvgIpc) is 2.89. The number of nitrogens with one attached hydrogen (secondary N) is 2. The number of likely N-dealkylation sites (tertiary alicyclic amines) is 1. The highest BCUT2D eigenvalue weighted by atomic mass is 16.4. The van der Waals surface area contributed by atoms with Crippen molar-refractivity contribution >= 4 is 23.5 Å². The number of carboxylic acids is 1. The Hall–Kier alpha value is -2.61. The zero-order valence-corrected chi connectivity index (χ0v) is 18.1. The van der Waals surface area contributed by atoms with E-state index in [1.165, 1.54) is 17.7 Å². The molecule has 4 rings (SSSR count). The van der Waals surface area contributed by atoms with Gasteiger partial charge in [-0.25, -0.2) is 0 Å². The Bertz CT molecular complexity index is 844. The van der Waals surface area contributed by atoms with Gasteiger partial charge in [-0.3, -0.25) is 9.59 Å². The van der Waals surface area contributed by atoms with Gasteiger partial charge in [0.1, 0.15) is 6.04 Å². The van der Waals surface area contributed by atoms with Gasteiger partial charge in [0.15, 0.2) is 0 Å². The summed E-state index contributed by atoms with van der Waals surface area (Å²) in [6.45, 7) is 4.11. The highest BCUT2D eigenvalue weighted by Gasteiger charge is 2.31. The Morgan fingerprint density at radius 1 is 1.10 bits per heavy atom. The van der Waals surface area contributed by atoms with Gasteiger partial charge >= 0.3 is 0 Å². The topological polar surface area (TPSA) is 105 Å². The lowest BCUT2D eigenvalue weighted by Crippen LogP contribution is -2.42. The van der Waals surface area contributed by atoms with Crippen LogP contribution < -0.4 is 15.7 Å². The summed E-state index contributed by atoms with van der Waals surface area (Å²) in [6.07, 6.45) is 4.20. The largest absolute Gasteiger partial charge is 0.550 e. The second-order valence-corrected chi connectivity index (χ2v) is 9.06. The number of rotatable bonds is 4. The van der Waals surface area contributed by atoms with E-state index in [1.54, 1.807) is 19.2 Å². The SMILES string of the molecule is CN1Cc2cc(C(=O)N3CCC(C4CCNCC4)CC3)ccc2N[C@H](CC(=O)[O-])C1=O. The average molecular weight is 428 g/mol. The number of hydrogen-bond acceptors (Lipinski definition) is 6. The fraction of sp³-hybridized carbons (Fsp3) is 0.609. The quantitative estimate of drug-likeness (QED) is 0.722. The number of likely N-dealkylation sites (N-methyl/N-ethyl adjacent to an activating group) is 1. The van der Waals surface area contributed by atoms with Crippen molar-refractivity contribution in [1.29, 1.82) is 0 Å². The van der Waals surface area contributed by atoms with E-state index in [2.05, 4.69) is 10.6 Å². The number of carbonyl (C=O) groups excluding carboxylic acids is 3. The van der Waals surface area contributed by atoms with Gasteiger partial charge < -0.3 is 30.3 Å². The van der Waals surface area contributed by atoms with Crippen molar-refractivity contribution < 1.29 is 19.5 Å². The molecule has 31 heavy (non-hydrogen) atoms. The molecule has 8 nitrogen and oxygen atoms in total. The maximum absolute atomic E-state index is 13.1. The summed E-state index contributed by atoms with van der Waals surface area (Å²) in [5.41, 5.74) is 2.11. The summed E-state index contributed by atoms with van der Waals surface area (Å²) >= 11 is 0. The van der Waals surface area contributed by atoms with Crippen LogP contribution in [0.5, 0.6) is 0 Å². The molecule has 0 spiro atoms. The Morgan fingerprint density at radius 2 is 1.77 bits per heavy atom. The predicted molar refractivity (Wildman–Crippen MR) is 114 cm³/mol. The number of piperidine rings is 2. The first-order chi connectivity index (χ1) is 14.9. The molecule has 3 aliphatic heterocycles. The van der Waals surface area contributed by atoms with Crippen LogP contribution in [0.25, 0.3) is 0 Å². The number of hydrogen-bond donors (Lipinski definition) is 2. The maximum atomic E-state index is 13.1. The number of carbonyl (C=O) groups is 3. The lowest BCUT2D eigenvalue weighted by molar-refractivity contribution is -0.305. The van der Waals surface area contributed by atoms with Gasteiger partial charge in [0.05, 0.1) is 0 Å². The maximum Gasteiger partial charge on any atom is 0.253 e. The Morgan fingerprint density at radius 3 is 2.45 bits per heavy atom. The van der Waals surface area contributed by atoms with Crippen LogP contribution in [0.1, 0.15) is 48.0 Å². The van der Waals surface area contributed by atoms with Crippen LogP contribution >= 0.6 is 0 Å². The smallest absolute Gasteiger partial charge is 0.253 e. The molecule has 0 saturated carbocycles. The second-order valence-electron chi connectivity index (χ2n) is 9.06. The number of anilines is 1. The zero-order chi connectivity index (χ0) is 22.0. The molecule has 2 N–H and O–H groups in total. The third-order valence-corrected chi connectivity index (χ3v) is 7.01. The van der Waals surface area contributed by atoms with E-state index in [9.17, 15) is 19.5 Å². The standard InChI is InChI=1S/C23H32N4O4/c1-26-14-18-12-17(2-3-19(18)25-20(23(26)31)13-21(28)29)22(30)27-10-6-16(7-11-27)15-4-8-24-9-5-15/h2-3,12,15-16,20,24-25H,4-11,13-14H2,1H3,(H,28,29)/p-1/t20-/m1/s1. The van der Waals surface area contributed by atoms with Crippen molar-refractivity contribution in [2.45, 2.75) is 44.7 Å². The van der Waals surface area contributed by atoms with Crippen molar-refractivity contribution in [1.82, 2.24) is 15.1 Å². The highest BCUT2D eigenvalue weighted by Crippen LogP contribution is 2.32. The summed E-state index contributed by atoms with van der Waals surface area (Å²) in [4.78, 5) is 40.1. The van der Waals surface area contributed by atoms with Gasteiger partial charge in [0, 0.05) is 50.3 Å². The normalized spacial score (nSPS) is 23.1. The minimum absolute atomic E-state index is 0.0241. The fourth-order valence-electron chi connectivity index (χ4n) is 5.22.